The fraction of sp³-hybridized carbons (Fsp3) is 0.714. The van der Waals surface area contributed by atoms with E-state index in [2.05, 4.69) is 20.2 Å². The Labute approximate surface area is 114 Å². The van der Waals surface area contributed by atoms with Crippen LogP contribution in [0.1, 0.15) is 31.2 Å². The molecular formula is C14H22N4O. The number of anilines is 1. The van der Waals surface area contributed by atoms with E-state index in [0.717, 1.165) is 50.0 Å². The van der Waals surface area contributed by atoms with Gasteiger partial charge in [-0.15, -0.1) is 0 Å². The van der Waals surface area contributed by atoms with Gasteiger partial charge in [0.05, 0.1) is 6.10 Å². The molecule has 5 heteroatoms. The quantitative estimate of drug-likeness (QED) is 0.868. The van der Waals surface area contributed by atoms with Gasteiger partial charge in [0.2, 0.25) is 5.95 Å². The molecule has 0 radical (unpaired) electrons. The zero-order valence-corrected chi connectivity index (χ0v) is 11.5. The van der Waals surface area contributed by atoms with Crippen LogP contribution in [0.4, 0.5) is 5.95 Å². The fourth-order valence-electron chi connectivity index (χ4n) is 2.46. The monoisotopic (exact) mass is 262 g/mol. The maximum absolute atomic E-state index is 5.43. The van der Waals surface area contributed by atoms with E-state index in [4.69, 9.17) is 4.74 Å². The standard InChI is InChI=1S/C14H22N4O/c1-19-13-3-2-6-18(10-13)14-16-8-11(9-17-14)7-15-12-4-5-12/h8-9,12-13,15H,2-7,10H2,1H3. The van der Waals surface area contributed by atoms with Crippen LogP contribution in [-0.2, 0) is 11.3 Å². The Bertz CT molecular complexity index is 404. The third kappa shape index (κ3) is 3.42. The van der Waals surface area contributed by atoms with Gasteiger partial charge in [-0.3, -0.25) is 0 Å². The molecule has 2 heterocycles. The first-order valence-corrected chi connectivity index (χ1v) is 7.17. The highest BCUT2D eigenvalue weighted by Gasteiger charge is 2.22. The number of piperidine rings is 1. The number of hydrogen-bond donors (Lipinski definition) is 1. The predicted octanol–water partition coefficient (Wildman–Crippen LogP) is 1.34. The summed E-state index contributed by atoms with van der Waals surface area (Å²) in [5.41, 5.74) is 1.16. The molecule has 1 aromatic rings. The summed E-state index contributed by atoms with van der Waals surface area (Å²) in [4.78, 5) is 11.2. The van der Waals surface area contributed by atoms with Crippen molar-refractivity contribution in [1.82, 2.24) is 15.3 Å². The van der Waals surface area contributed by atoms with Crippen LogP contribution in [0, 0.1) is 0 Å². The second-order valence-electron chi connectivity index (χ2n) is 5.49. The van der Waals surface area contributed by atoms with Gasteiger partial charge in [0, 0.05) is 50.7 Å². The average molecular weight is 262 g/mol. The molecular weight excluding hydrogens is 240 g/mol. The Hall–Kier alpha value is -1.20. The second kappa shape index (κ2) is 5.84. The van der Waals surface area contributed by atoms with Crippen LogP contribution in [0.2, 0.25) is 0 Å². The van der Waals surface area contributed by atoms with Crippen LogP contribution in [0.3, 0.4) is 0 Å². The van der Waals surface area contributed by atoms with E-state index in [1.807, 2.05) is 12.4 Å². The second-order valence-corrected chi connectivity index (χ2v) is 5.49. The number of hydrogen-bond acceptors (Lipinski definition) is 5. The number of aromatic nitrogens is 2. The van der Waals surface area contributed by atoms with Crippen molar-refractivity contribution in [2.75, 3.05) is 25.1 Å². The van der Waals surface area contributed by atoms with E-state index in [1.54, 1.807) is 7.11 Å². The summed E-state index contributed by atoms with van der Waals surface area (Å²) in [6.07, 6.45) is 9.09. The maximum atomic E-state index is 5.43. The van der Waals surface area contributed by atoms with Gasteiger partial charge in [0.25, 0.3) is 0 Å². The highest BCUT2D eigenvalue weighted by atomic mass is 16.5. The van der Waals surface area contributed by atoms with Crippen molar-refractivity contribution >= 4 is 5.95 Å². The van der Waals surface area contributed by atoms with Gasteiger partial charge in [0.15, 0.2) is 0 Å². The molecule has 1 unspecified atom stereocenters. The Balaban J connectivity index is 1.57. The van der Waals surface area contributed by atoms with E-state index in [0.29, 0.717) is 6.10 Å². The topological polar surface area (TPSA) is 50.3 Å². The zero-order chi connectivity index (χ0) is 13.1. The molecule has 1 saturated heterocycles. The summed E-state index contributed by atoms with van der Waals surface area (Å²) in [6.45, 7) is 2.81. The average Bonchev–Trinajstić information content (AvgIpc) is 3.30. The molecule has 104 valence electrons. The lowest BCUT2D eigenvalue weighted by molar-refractivity contribution is 0.0889. The molecule has 1 saturated carbocycles. The summed E-state index contributed by atoms with van der Waals surface area (Å²) >= 11 is 0. The summed E-state index contributed by atoms with van der Waals surface area (Å²) in [5.74, 6) is 0.830. The maximum Gasteiger partial charge on any atom is 0.225 e. The summed E-state index contributed by atoms with van der Waals surface area (Å²) < 4.78 is 5.43. The summed E-state index contributed by atoms with van der Waals surface area (Å²) in [5, 5.41) is 3.47. The van der Waals surface area contributed by atoms with E-state index in [1.165, 1.54) is 12.8 Å². The van der Waals surface area contributed by atoms with E-state index in [-0.39, 0.29) is 0 Å². The Kier molecular flexibility index (Phi) is 3.94. The third-order valence-electron chi connectivity index (χ3n) is 3.86. The van der Waals surface area contributed by atoms with Gasteiger partial charge >= 0.3 is 0 Å². The minimum Gasteiger partial charge on any atom is -0.380 e. The molecule has 1 aliphatic carbocycles. The van der Waals surface area contributed by atoms with Gasteiger partial charge in [-0.05, 0) is 25.7 Å². The predicted molar refractivity (Wildman–Crippen MR) is 74.1 cm³/mol. The number of methoxy groups -OCH3 is 1. The lowest BCUT2D eigenvalue weighted by Crippen LogP contribution is -2.40. The first kappa shape index (κ1) is 12.8. The lowest BCUT2D eigenvalue weighted by atomic mass is 10.1. The molecule has 1 aliphatic heterocycles. The van der Waals surface area contributed by atoms with E-state index in [9.17, 15) is 0 Å². The highest BCUT2D eigenvalue weighted by Crippen LogP contribution is 2.20. The largest absolute Gasteiger partial charge is 0.380 e. The Morgan fingerprint density at radius 2 is 2.11 bits per heavy atom. The van der Waals surface area contributed by atoms with Crippen molar-refractivity contribution in [3.63, 3.8) is 0 Å². The van der Waals surface area contributed by atoms with Crippen molar-refractivity contribution in [3.05, 3.63) is 18.0 Å². The molecule has 0 amide bonds. The van der Waals surface area contributed by atoms with Crippen LogP contribution < -0.4 is 10.2 Å². The first-order valence-electron chi connectivity index (χ1n) is 7.17. The minimum atomic E-state index is 0.313. The number of rotatable bonds is 5. The van der Waals surface area contributed by atoms with Crippen LogP contribution in [0.25, 0.3) is 0 Å². The van der Waals surface area contributed by atoms with Crippen molar-refractivity contribution < 1.29 is 4.74 Å². The molecule has 1 atom stereocenters. The van der Waals surface area contributed by atoms with E-state index >= 15 is 0 Å². The first-order chi connectivity index (χ1) is 9.35. The normalized spacial score (nSPS) is 23.6. The van der Waals surface area contributed by atoms with Gasteiger partial charge in [-0.1, -0.05) is 0 Å². The molecule has 2 aliphatic rings. The van der Waals surface area contributed by atoms with Crippen molar-refractivity contribution in [1.29, 1.82) is 0 Å². The van der Waals surface area contributed by atoms with Crippen LogP contribution in [0.15, 0.2) is 12.4 Å². The minimum absolute atomic E-state index is 0.313. The molecule has 19 heavy (non-hydrogen) atoms. The van der Waals surface area contributed by atoms with Gasteiger partial charge in [-0.25, -0.2) is 9.97 Å². The van der Waals surface area contributed by atoms with Gasteiger partial charge in [0.1, 0.15) is 0 Å². The third-order valence-corrected chi connectivity index (χ3v) is 3.86. The Morgan fingerprint density at radius 1 is 1.32 bits per heavy atom. The van der Waals surface area contributed by atoms with Gasteiger partial charge in [-0.2, -0.15) is 0 Å². The SMILES string of the molecule is COC1CCCN(c2ncc(CNC3CC3)cn2)C1. The molecule has 1 N–H and O–H groups in total. The molecule has 0 bridgehead atoms. The van der Waals surface area contributed by atoms with Crippen LogP contribution in [-0.4, -0.2) is 42.3 Å². The molecule has 3 rings (SSSR count). The summed E-state index contributed by atoms with van der Waals surface area (Å²) in [7, 11) is 1.78. The number of ether oxygens (including phenoxy) is 1. The molecule has 1 aromatic heterocycles. The smallest absolute Gasteiger partial charge is 0.225 e. The lowest BCUT2D eigenvalue weighted by Gasteiger charge is -2.31. The van der Waals surface area contributed by atoms with Crippen LogP contribution >= 0.6 is 0 Å². The molecule has 5 nitrogen and oxygen atoms in total. The number of nitrogens with zero attached hydrogens (tertiary/aromatic N) is 3. The van der Waals surface area contributed by atoms with Crippen LogP contribution in [0.5, 0.6) is 0 Å². The number of nitrogens with one attached hydrogen (secondary N) is 1. The molecule has 0 spiro atoms. The van der Waals surface area contributed by atoms with Crippen molar-refractivity contribution in [2.45, 2.75) is 44.4 Å². The fourth-order valence-corrected chi connectivity index (χ4v) is 2.46. The zero-order valence-electron chi connectivity index (χ0n) is 11.5. The summed E-state index contributed by atoms with van der Waals surface area (Å²) in [6, 6.07) is 0.726. The van der Waals surface area contributed by atoms with E-state index < -0.39 is 0 Å². The van der Waals surface area contributed by atoms with Gasteiger partial charge < -0.3 is 15.0 Å². The molecule has 0 aromatic carbocycles. The Morgan fingerprint density at radius 3 is 2.79 bits per heavy atom. The molecule has 2 fully saturated rings. The van der Waals surface area contributed by atoms with Crippen molar-refractivity contribution in [2.24, 2.45) is 0 Å². The highest BCUT2D eigenvalue weighted by molar-refractivity contribution is 5.30. The van der Waals surface area contributed by atoms with Crippen molar-refractivity contribution in [3.8, 4) is 0 Å².